The molecule has 3 aliphatic rings. The van der Waals surface area contributed by atoms with Crippen LogP contribution in [0.1, 0.15) is 62.5 Å². The second-order valence-electron chi connectivity index (χ2n) is 9.32. The third kappa shape index (κ3) is 5.19. The molecule has 1 unspecified atom stereocenters. The van der Waals surface area contributed by atoms with Gasteiger partial charge < -0.3 is 10.2 Å². The Kier molecular flexibility index (Phi) is 6.53. The lowest BCUT2D eigenvalue weighted by Gasteiger charge is -2.35. The molecule has 5 nitrogen and oxygen atoms in total. The Morgan fingerprint density at radius 3 is 2.48 bits per heavy atom. The van der Waals surface area contributed by atoms with Crippen molar-refractivity contribution in [2.75, 3.05) is 32.7 Å². The number of piperazine rings is 1. The minimum Gasteiger partial charge on any atom is -0.352 e. The standard InChI is InChI=1S/C24H35N3O2/c1-18-6-10-21(11-7-18)25-23(28)17-26-12-14-27(15-13-26)24(29)16-20-9-8-19-4-2-3-5-22(19)20/h2-5,18,20-21H,6-17H2,1H3,(H,25,28). The number of amides is 2. The number of nitrogens with zero attached hydrogens (tertiary/aromatic N) is 2. The average molecular weight is 398 g/mol. The number of nitrogens with one attached hydrogen (secondary N) is 1. The molecular formula is C24H35N3O2. The quantitative estimate of drug-likeness (QED) is 0.831. The van der Waals surface area contributed by atoms with Gasteiger partial charge in [-0.15, -0.1) is 0 Å². The van der Waals surface area contributed by atoms with E-state index in [9.17, 15) is 9.59 Å². The Bertz CT molecular complexity index is 719. The Morgan fingerprint density at radius 2 is 1.72 bits per heavy atom. The maximum absolute atomic E-state index is 12.8. The van der Waals surface area contributed by atoms with Gasteiger partial charge in [-0.2, -0.15) is 0 Å². The Morgan fingerprint density at radius 1 is 1.00 bits per heavy atom. The minimum atomic E-state index is 0.145. The fraction of sp³-hybridized carbons (Fsp3) is 0.667. The summed E-state index contributed by atoms with van der Waals surface area (Å²) in [6, 6.07) is 8.91. The highest BCUT2D eigenvalue weighted by Gasteiger charge is 2.28. The maximum atomic E-state index is 12.8. The number of carbonyl (C=O) groups is 2. The molecule has 2 fully saturated rings. The summed E-state index contributed by atoms with van der Waals surface area (Å²) in [5.41, 5.74) is 2.78. The molecule has 5 heteroatoms. The molecule has 4 rings (SSSR count). The molecule has 0 spiro atoms. The van der Waals surface area contributed by atoms with Crippen molar-refractivity contribution in [3.05, 3.63) is 35.4 Å². The number of aryl methyl sites for hydroxylation is 1. The molecule has 29 heavy (non-hydrogen) atoms. The number of hydrogen-bond acceptors (Lipinski definition) is 3. The summed E-state index contributed by atoms with van der Waals surface area (Å²) < 4.78 is 0. The highest BCUT2D eigenvalue weighted by Crippen LogP contribution is 2.35. The summed E-state index contributed by atoms with van der Waals surface area (Å²) in [5, 5.41) is 3.22. The molecule has 0 radical (unpaired) electrons. The molecule has 0 bridgehead atoms. The highest BCUT2D eigenvalue weighted by atomic mass is 16.2. The van der Waals surface area contributed by atoms with Gasteiger partial charge in [-0.05, 0) is 61.5 Å². The molecule has 2 aliphatic carbocycles. The predicted octanol–water partition coefficient (Wildman–Crippen LogP) is 2.95. The molecule has 0 aromatic heterocycles. The molecule has 1 N–H and O–H groups in total. The molecule has 2 amide bonds. The molecule has 1 saturated carbocycles. The lowest BCUT2D eigenvalue weighted by Crippen LogP contribution is -2.52. The average Bonchev–Trinajstić information content (AvgIpc) is 3.13. The Balaban J connectivity index is 1.18. The van der Waals surface area contributed by atoms with Gasteiger partial charge in [-0.3, -0.25) is 14.5 Å². The van der Waals surface area contributed by atoms with Gasteiger partial charge >= 0.3 is 0 Å². The van der Waals surface area contributed by atoms with E-state index in [-0.39, 0.29) is 11.8 Å². The van der Waals surface area contributed by atoms with Crippen molar-refractivity contribution in [1.82, 2.24) is 15.1 Å². The Labute approximate surface area is 174 Å². The van der Waals surface area contributed by atoms with Crippen LogP contribution in [0.5, 0.6) is 0 Å². The van der Waals surface area contributed by atoms with Crippen molar-refractivity contribution in [2.45, 2.75) is 63.8 Å². The van der Waals surface area contributed by atoms with Gasteiger partial charge in [0.05, 0.1) is 6.54 Å². The lowest BCUT2D eigenvalue weighted by atomic mass is 9.87. The topological polar surface area (TPSA) is 52.7 Å². The normalized spacial score (nSPS) is 27.5. The molecule has 1 saturated heterocycles. The van der Waals surface area contributed by atoms with Crippen LogP contribution >= 0.6 is 0 Å². The van der Waals surface area contributed by atoms with Gasteiger partial charge in [0.1, 0.15) is 0 Å². The van der Waals surface area contributed by atoms with Crippen LogP contribution in [0.2, 0.25) is 0 Å². The minimum absolute atomic E-state index is 0.145. The second-order valence-corrected chi connectivity index (χ2v) is 9.32. The van der Waals surface area contributed by atoms with E-state index in [4.69, 9.17) is 0 Å². The van der Waals surface area contributed by atoms with E-state index < -0.39 is 0 Å². The largest absolute Gasteiger partial charge is 0.352 e. The first kappa shape index (κ1) is 20.4. The van der Waals surface area contributed by atoms with Crippen LogP contribution in [0.4, 0.5) is 0 Å². The number of fused-ring (bicyclic) bond motifs is 1. The van der Waals surface area contributed by atoms with Crippen molar-refractivity contribution < 1.29 is 9.59 Å². The number of hydrogen-bond donors (Lipinski definition) is 1. The summed E-state index contributed by atoms with van der Waals surface area (Å²) in [6.45, 7) is 5.82. The van der Waals surface area contributed by atoms with Gasteiger partial charge in [0.25, 0.3) is 0 Å². The number of benzene rings is 1. The summed E-state index contributed by atoms with van der Waals surface area (Å²) >= 11 is 0. The van der Waals surface area contributed by atoms with E-state index in [1.165, 1.54) is 24.0 Å². The predicted molar refractivity (Wildman–Crippen MR) is 115 cm³/mol. The summed E-state index contributed by atoms with van der Waals surface area (Å²) in [5.74, 6) is 1.59. The monoisotopic (exact) mass is 397 g/mol. The van der Waals surface area contributed by atoms with Gasteiger partial charge in [0.2, 0.25) is 11.8 Å². The third-order valence-corrected chi connectivity index (χ3v) is 7.15. The van der Waals surface area contributed by atoms with Crippen molar-refractivity contribution in [3.8, 4) is 0 Å². The molecule has 1 aliphatic heterocycles. The smallest absolute Gasteiger partial charge is 0.234 e. The van der Waals surface area contributed by atoms with E-state index in [1.54, 1.807) is 0 Å². The van der Waals surface area contributed by atoms with Crippen LogP contribution in [-0.2, 0) is 16.0 Å². The zero-order valence-corrected chi connectivity index (χ0v) is 17.7. The summed E-state index contributed by atoms with van der Waals surface area (Å²) in [4.78, 5) is 29.4. The molecule has 158 valence electrons. The van der Waals surface area contributed by atoms with Crippen molar-refractivity contribution in [1.29, 1.82) is 0 Å². The zero-order chi connectivity index (χ0) is 20.2. The molecule has 1 aromatic rings. The van der Waals surface area contributed by atoms with Crippen molar-refractivity contribution in [2.24, 2.45) is 5.92 Å². The van der Waals surface area contributed by atoms with Crippen LogP contribution in [0.3, 0.4) is 0 Å². The van der Waals surface area contributed by atoms with Gasteiger partial charge in [-0.25, -0.2) is 0 Å². The van der Waals surface area contributed by atoms with Crippen LogP contribution < -0.4 is 5.32 Å². The number of carbonyl (C=O) groups excluding carboxylic acids is 2. The fourth-order valence-corrected chi connectivity index (χ4v) is 5.23. The summed E-state index contributed by atoms with van der Waals surface area (Å²) in [6.07, 6.45) is 7.47. The van der Waals surface area contributed by atoms with Gasteiger partial charge in [-0.1, -0.05) is 31.2 Å². The highest BCUT2D eigenvalue weighted by molar-refractivity contribution is 5.79. The van der Waals surface area contributed by atoms with E-state index in [0.29, 0.717) is 24.9 Å². The molecule has 1 aromatic carbocycles. The first-order valence-electron chi connectivity index (χ1n) is 11.5. The second kappa shape index (κ2) is 9.29. The van der Waals surface area contributed by atoms with Crippen LogP contribution in [-0.4, -0.2) is 60.4 Å². The first-order valence-corrected chi connectivity index (χ1v) is 11.5. The molecule has 1 atom stereocenters. The fourth-order valence-electron chi connectivity index (χ4n) is 5.23. The number of rotatable bonds is 5. The van der Waals surface area contributed by atoms with Gasteiger partial charge in [0.15, 0.2) is 0 Å². The van der Waals surface area contributed by atoms with Crippen LogP contribution in [0.15, 0.2) is 24.3 Å². The third-order valence-electron chi connectivity index (χ3n) is 7.15. The Hall–Kier alpha value is -1.88. The molecule has 1 heterocycles. The zero-order valence-electron chi connectivity index (χ0n) is 17.7. The van der Waals surface area contributed by atoms with Crippen LogP contribution in [0, 0.1) is 5.92 Å². The SMILES string of the molecule is CC1CCC(NC(=O)CN2CCN(C(=O)CC3CCc4ccccc43)CC2)CC1. The lowest BCUT2D eigenvalue weighted by molar-refractivity contribution is -0.133. The van der Waals surface area contributed by atoms with E-state index in [2.05, 4.69) is 41.4 Å². The van der Waals surface area contributed by atoms with E-state index in [1.807, 2.05) is 4.90 Å². The molecular weight excluding hydrogens is 362 g/mol. The van der Waals surface area contributed by atoms with Gasteiger partial charge in [0, 0.05) is 38.6 Å². The van der Waals surface area contributed by atoms with Crippen LogP contribution in [0.25, 0.3) is 0 Å². The maximum Gasteiger partial charge on any atom is 0.234 e. The first-order chi connectivity index (χ1) is 14.1. The van der Waals surface area contributed by atoms with Crippen molar-refractivity contribution in [3.63, 3.8) is 0 Å². The van der Waals surface area contributed by atoms with E-state index >= 15 is 0 Å². The van der Waals surface area contributed by atoms with Crippen molar-refractivity contribution >= 4 is 11.8 Å². The van der Waals surface area contributed by atoms with E-state index in [0.717, 1.165) is 57.8 Å². The summed E-state index contributed by atoms with van der Waals surface area (Å²) in [7, 11) is 0.